The van der Waals surface area contributed by atoms with Gasteiger partial charge in [0.25, 0.3) is 0 Å². The second-order valence-corrected chi connectivity index (χ2v) is 1.13. The van der Waals surface area contributed by atoms with Crippen LogP contribution in [-0.2, 0) is 0 Å². The third-order valence-electron chi connectivity index (χ3n) is 0.469. The monoisotopic (exact) mass is 118 g/mol. The number of nitrogens with two attached hydrogens (primary N) is 1. The summed E-state index contributed by atoms with van der Waals surface area (Å²) in [6.07, 6.45) is 0. The molecule has 0 atom stereocenters. The smallest absolute Gasteiger partial charge is 0.0605 e. The topological polar surface area (TPSA) is 90.3 Å². The van der Waals surface area contributed by atoms with E-state index in [2.05, 4.69) is 6.57 Å². The Labute approximate surface area is 48.2 Å². The Balaban J connectivity index is 0. The van der Waals surface area contributed by atoms with E-state index < -0.39 is 6.04 Å². The Morgan fingerprint density at radius 1 is 1.38 bits per heavy atom. The predicted octanol–water partition coefficient (Wildman–Crippen LogP) is -1.56. The molecule has 0 amide bonds. The molecular formula is C4H10N2O2. The Morgan fingerprint density at radius 2 is 1.62 bits per heavy atom. The predicted molar refractivity (Wildman–Crippen MR) is 28.8 cm³/mol. The fraction of sp³-hybridized carbons (Fsp3) is 0.750. The number of hydrogen-bond acceptors (Lipinski definition) is 4. The van der Waals surface area contributed by atoms with Gasteiger partial charge in [-0.1, -0.05) is 0 Å². The van der Waals surface area contributed by atoms with Gasteiger partial charge in [0, 0.05) is 6.57 Å². The van der Waals surface area contributed by atoms with Crippen LogP contribution in [0, 0.1) is 11.8 Å². The van der Waals surface area contributed by atoms with Crippen LogP contribution >= 0.6 is 0 Å². The summed E-state index contributed by atoms with van der Waals surface area (Å²) in [5.74, 6) is 0. The van der Waals surface area contributed by atoms with Crippen LogP contribution in [0.5, 0.6) is 0 Å². The Bertz CT molecular complexity index is 51.2. The van der Waals surface area contributed by atoms with Gasteiger partial charge in [-0.25, -0.2) is 5.26 Å². The average Bonchev–Trinajstić information content (AvgIpc) is 1.91. The van der Waals surface area contributed by atoms with Gasteiger partial charge < -0.3 is 15.9 Å². The van der Waals surface area contributed by atoms with E-state index >= 15 is 0 Å². The zero-order chi connectivity index (χ0) is 6.99. The highest BCUT2D eigenvalue weighted by Gasteiger charge is 1.91. The first kappa shape index (κ1) is 10.4. The van der Waals surface area contributed by atoms with E-state index in [0.717, 1.165) is 0 Å². The van der Waals surface area contributed by atoms with Crippen molar-refractivity contribution in [3.8, 4) is 6.57 Å². The first-order valence-electron chi connectivity index (χ1n) is 2.04. The van der Waals surface area contributed by atoms with Crippen LogP contribution in [0.15, 0.2) is 0 Å². The van der Waals surface area contributed by atoms with E-state index in [1.165, 1.54) is 0 Å². The van der Waals surface area contributed by atoms with Crippen molar-refractivity contribution < 1.29 is 10.2 Å². The van der Waals surface area contributed by atoms with Gasteiger partial charge in [-0.05, 0) is 0 Å². The molecule has 0 saturated heterocycles. The quantitative estimate of drug-likeness (QED) is 0.409. The van der Waals surface area contributed by atoms with Crippen LogP contribution in [0.4, 0.5) is 0 Å². The zero-order valence-corrected chi connectivity index (χ0v) is 4.49. The summed E-state index contributed by atoms with van der Waals surface area (Å²) in [6, 6.07) is -0.454. The lowest BCUT2D eigenvalue weighted by atomic mass is 10.4. The van der Waals surface area contributed by atoms with Crippen molar-refractivity contribution in [3.05, 3.63) is 0 Å². The normalized spacial score (nSPS) is 7.75. The van der Waals surface area contributed by atoms with Crippen LogP contribution in [0.25, 0.3) is 0 Å². The van der Waals surface area contributed by atoms with Crippen LogP contribution in [0.2, 0.25) is 0 Å². The maximum absolute atomic E-state index is 8.05. The van der Waals surface area contributed by atoms with Gasteiger partial charge in [0.2, 0.25) is 0 Å². The minimum Gasteiger partial charge on any atom is -0.395 e. The molecule has 0 fully saturated rings. The molecule has 0 aromatic rings. The largest absolute Gasteiger partial charge is 0.395 e. The number of aliphatic hydroxyl groups excluding tert-OH is 2. The van der Waals surface area contributed by atoms with E-state index in [0.29, 0.717) is 0 Å². The highest BCUT2D eigenvalue weighted by atomic mass is 16.3. The molecule has 0 aromatic heterocycles. The number of nitriles is 1. The molecule has 48 valence electrons. The second kappa shape index (κ2) is 9.62. The molecule has 0 saturated carbocycles. The second-order valence-electron chi connectivity index (χ2n) is 1.13. The van der Waals surface area contributed by atoms with E-state index in [-0.39, 0.29) is 13.2 Å². The molecule has 0 unspecified atom stereocenters. The molecule has 0 aliphatic carbocycles. The third-order valence-corrected chi connectivity index (χ3v) is 0.469. The Morgan fingerprint density at radius 3 is 1.62 bits per heavy atom. The van der Waals surface area contributed by atoms with Crippen LogP contribution in [0.3, 0.4) is 0 Å². The SMILES string of the molecule is C#N.NC(CO)CO. The first-order chi connectivity index (χ1) is 3.81. The maximum atomic E-state index is 8.05. The van der Waals surface area contributed by atoms with Crippen molar-refractivity contribution in [1.29, 1.82) is 5.26 Å². The van der Waals surface area contributed by atoms with Crippen molar-refractivity contribution in [2.75, 3.05) is 13.2 Å². The van der Waals surface area contributed by atoms with Crippen LogP contribution in [-0.4, -0.2) is 29.5 Å². The van der Waals surface area contributed by atoms with Crippen LogP contribution in [0.1, 0.15) is 0 Å². The lowest BCUT2D eigenvalue weighted by molar-refractivity contribution is 0.194. The number of nitrogens with zero attached hydrogens (tertiary/aromatic N) is 1. The number of rotatable bonds is 2. The lowest BCUT2D eigenvalue weighted by Crippen LogP contribution is -2.27. The number of aliphatic hydroxyl groups is 2. The molecule has 0 heterocycles. The molecule has 4 nitrogen and oxygen atoms in total. The highest BCUT2D eigenvalue weighted by molar-refractivity contribution is 4.52. The fourth-order valence-corrected chi connectivity index (χ4v) is 0.0577. The van der Waals surface area contributed by atoms with E-state index in [4.69, 9.17) is 21.2 Å². The van der Waals surface area contributed by atoms with Gasteiger partial charge in [0.05, 0.1) is 19.3 Å². The zero-order valence-electron chi connectivity index (χ0n) is 4.49. The molecule has 0 bridgehead atoms. The summed E-state index contributed by atoms with van der Waals surface area (Å²) in [5, 5.41) is 22.6. The minimum atomic E-state index is -0.454. The van der Waals surface area contributed by atoms with Gasteiger partial charge in [0.1, 0.15) is 0 Å². The molecule has 0 aliphatic heterocycles. The lowest BCUT2D eigenvalue weighted by Gasteiger charge is -1.98. The van der Waals surface area contributed by atoms with E-state index in [9.17, 15) is 0 Å². The summed E-state index contributed by atoms with van der Waals surface area (Å²) in [6.45, 7) is 3.22. The molecule has 0 spiro atoms. The molecule has 0 radical (unpaired) electrons. The van der Waals surface area contributed by atoms with Crippen molar-refractivity contribution in [3.63, 3.8) is 0 Å². The summed E-state index contributed by atoms with van der Waals surface area (Å²) in [7, 11) is 0. The van der Waals surface area contributed by atoms with Gasteiger partial charge in [-0.2, -0.15) is 0 Å². The summed E-state index contributed by atoms with van der Waals surface area (Å²) in [4.78, 5) is 0. The summed E-state index contributed by atoms with van der Waals surface area (Å²) in [5.41, 5.74) is 4.97. The standard InChI is InChI=1S/C3H9NO2.CHN/c4-3(1-5)2-6;1-2/h3,5-6H,1-2,4H2;1H. The first-order valence-corrected chi connectivity index (χ1v) is 2.04. The summed E-state index contributed by atoms with van der Waals surface area (Å²) >= 11 is 0. The summed E-state index contributed by atoms with van der Waals surface area (Å²) < 4.78 is 0. The van der Waals surface area contributed by atoms with Gasteiger partial charge >= 0.3 is 0 Å². The average molecular weight is 118 g/mol. The molecule has 4 N–H and O–H groups in total. The van der Waals surface area contributed by atoms with Gasteiger partial charge in [-0.3, -0.25) is 0 Å². The van der Waals surface area contributed by atoms with Crippen LogP contribution < -0.4 is 5.73 Å². The molecular weight excluding hydrogens is 108 g/mol. The van der Waals surface area contributed by atoms with E-state index in [1.807, 2.05) is 0 Å². The van der Waals surface area contributed by atoms with Crippen molar-refractivity contribution in [2.24, 2.45) is 5.73 Å². The van der Waals surface area contributed by atoms with Gasteiger partial charge in [0.15, 0.2) is 0 Å². The molecule has 8 heavy (non-hydrogen) atoms. The molecule has 0 aliphatic rings. The molecule has 4 heteroatoms. The highest BCUT2D eigenvalue weighted by Crippen LogP contribution is 1.66. The number of hydrogen-bond donors (Lipinski definition) is 3. The Hall–Kier alpha value is -0.630. The van der Waals surface area contributed by atoms with Crippen molar-refractivity contribution in [1.82, 2.24) is 0 Å². The molecule has 0 rings (SSSR count). The molecule has 0 aromatic carbocycles. The Kier molecular flexibility index (Phi) is 12.5. The van der Waals surface area contributed by atoms with Gasteiger partial charge in [-0.15, -0.1) is 0 Å². The fourth-order valence-electron chi connectivity index (χ4n) is 0.0577. The maximum Gasteiger partial charge on any atom is 0.0605 e. The van der Waals surface area contributed by atoms with E-state index in [1.54, 1.807) is 0 Å². The van der Waals surface area contributed by atoms with Crippen molar-refractivity contribution in [2.45, 2.75) is 6.04 Å². The third kappa shape index (κ3) is 9.03. The minimum absolute atomic E-state index is 0.142. The van der Waals surface area contributed by atoms with Crippen molar-refractivity contribution >= 4 is 0 Å².